The minimum Gasteiger partial charge on any atom is -0.490 e. The zero-order chi connectivity index (χ0) is 14.1. The molecule has 0 radical (unpaired) electrons. The Balaban J connectivity index is 2.94. The molecule has 3 nitrogen and oxygen atoms in total. The zero-order valence-electron chi connectivity index (χ0n) is 12.2. The Morgan fingerprint density at radius 1 is 1.21 bits per heavy atom. The summed E-state index contributed by atoms with van der Waals surface area (Å²) in [6, 6.07) is 6.46. The van der Waals surface area contributed by atoms with E-state index in [0.29, 0.717) is 19.3 Å². The van der Waals surface area contributed by atoms with Crippen LogP contribution < -0.4 is 14.8 Å². The Morgan fingerprint density at radius 3 is 2.47 bits per heavy atom. The maximum Gasteiger partial charge on any atom is 0.161 e. The van der Waals surface area contributed by atoms with Gasteiger partial charge in [0.15, 0.2) is 11.5 Å². The summed E-state index contributed by atoms with van der Waals surface area (Å²) in [7, 11) is 1.98. The van der Waals surface area contributed by atoms with Gasteiger partial charge in [-0.25, -0.2) is 0 Å². The van der Waals surface area contributed by atoms with Crippen molar-refractivity contribution in [1.82, 2.24) is 5.32 Å². The third-order valence-electron chi connectivity index (χ3n) is 2.98. The molecule has 0 bridgehead atoms. The molecule has 106 valence electrons. The highest BCUT2D eigenvalue weighted by Gasteiger charge is 2.12. The fourth-order valence-electron chi connectivity index (χ4n) is 2.05. The van der Waals surface area contributed by atoms with E-state index in [4.69, 9.17) is 9.47 Å². The zero-order valence-corrected chi connectivity index (χ0v) is 12.2. The van der Waals surface area contributed by atoms with E-state index in [-0.39, 0.29) is 0 Å². The van der Waals surface area contributed by atoms with Crippen molar-refractivity contribution in [2.45, 2.75) is 32.7 Å². The first-order valence-electron chi connectivity index (χ1n) is 6.94. The van der Waals surface area contributed by atoms with Crippen molar-refractivity contribution in [3.8, 4) is 11.5 Å². The van der Waals surface area contributed by atoms with Gasteiger partial charge in [0, 0.05) is 6.04 Å². The molecule has 0 heterocycles. The van der Waals surface area contributed by atoms with E-state index in [1.807, 2.05) is 33.0 Å². The molecule has 1 N–H and O–H groups in total. The molecule has 19 heavy (non-hydrogen) atoms. The van der Waals surface area contributed by atoms with Gasteiger partial charge >= 0.3 is 0 Å². The van der Waals surface area contributed by atoms with Crippen LogP contribution >= 0.6 is 0 Å². The van der Waals surface area contributed by atoms with Gasteiger partial charge in [0.1, 0.15) is 0 Å². The minimum atomic E-state index is 0.313. The van der Waals surface area contributed by atoms with Crippen LogP contribution in [0.5, 0.6) is 11.5 Å². The minimum absolute atomic E-state index is 0.313. The highest BCUT2D eigenvalue weighted by atomic mass is 16.5. The summed E-state index contributed by atoms with van der Waals surface area (Å²) in [5.74, 6) is 1.63. The van der Waals surface area contributed by atoms with Gasteiger partial charge in [0.2, 0.25) is 0 Å². The van der Waals surface area contributed by atoms with Gasteiger partial charge in [-0.15, -0.1) is 6.58 Å². The molecule has 1 atom stereocenters. The fraction of sp³-hybridized carbons (Fsp3) is 0.500. The molecule has 0 fully saturated rings. The van der Waals surface area contributed by atoms with Crippen LogP contribution in [0.2, 0.25) is 0 Å². The lowest BCUT2D eigenvalue weighted by atomic mass is 10.0. The molecule has 3 heteroatoms. The largest absolute Gasteiger partial charge is 0.490 e. The molecule has 0 aromatic heterocycles. The van der Waals surface area contributed by atoms with E-state index in [1.165, 1.54) is 5.56 Å². The Bertz CT molecular complexity index is 390. The first kappa shape index (κ1) is 15.6. The molecule has 1 aromatic carbocycles. The predicted octanol–water partition coefficient (Wildman–Crippen LogP) is 3.71. The SMILES string of the molecule is C=CCCC(NC)c1ccc(OCC)c(OCC)c1. The van der Waals surface area contributed by atoms with Crippen LogP contribution in [0, 0.1) is 0 Å². The van der Waals surface area contributed by atoms with Crippen molar-refractivity contribution < 1.29 is 9.47 Å². The third-order valence-corrected chi connectivity index (χ3v) is 2.98. The molecule has 0 spiro atoms. The smallest absolute Gasteiger partial charge is 0.161 e. The van der Waals surface area contributed by atoms with Gasteiger partial charge < -0.3 is 14.8 Å². The maximum absolute atomic E-state index is 5.66. The van der Waals surface area contributed by atoms with E-state index in [9.17, 15) is 0 Å². The van der Waals surface area contributed by atoms with Crippen molar-refractivity contribution in [1.29, 1.82) is 0 Å². The van der Waals surface area contributed by atoms with Gasteiger partial charge in [0.25, 0.3) is 0 Å². The second-order valence-electron chi connectivity index (χ2n) is 4.28. The van der Waals surface area contributed by atoms with Crippen molar-refractivity contribution in [3.05, 3.63) is 36.4 Å². The molecule has 1 unspecified atom stereocenters. The van der Waals surface area contributed by atoms with E-state index in [1.54, 1.807) is 0 Å². The first-order valence-corrected chi connectivity index (χ1v) is 6.94. The first-order chi connectivity index (χ1) is 9.26. The number of allylic oxidation sites excluding steroid dienone is 1. The number of rotatable bonds is 9. The quantitative estimate of drug-likeness (QED) is 0.689. The topological polar surface area (TPSA) is 30.5 Å². The number of benzene rings is 1. The second-order valence-corrected chi connectivity index (χ2v) is 4.28. The molecule has 0 saturated carbocycles. The Labute approximate surface area is 116 Å². The van der Waals surface area contributed by atoms with E-state index < -0.39 is 0 Å². The number of ether oxygens (including phenoxy) is 2. The summed E-state index contributed by atoms with van der Waals surface area (Å²) in [5.41, 5.74) is 1.22. The van der Waals surface area contributed by atoms with Gasteiger partial charge in [0.05, 0.1) is 13.2 Å². The summed E-state index contributed by atoms with van der Waals surface area (Å²) < 4.78 is 11.2. The van der Waals surface area contributed by atoms with Gasteiger partial charge in [-0.05, 0) is 51.4 Å². The summed E-state index contributed by atoms with van der Waals surface area (Å²) in [5, 5.41) is 3.33. The molecular weight excluding hydrogens is 238 g/mol. The van der Waals surface area contributed by atoms with Gasteiger partial charge in [-0.1, -0.05) is 12.1 Å². The fourth-order valence-corrected chi connectivity index (χ4v) is 2.05. The van der Waals surface area contributed by atoms with Crippen LogP contribution in [0.4, 0.5) is 0 Å². The van der Waals surface area contributed by atoms with E-state index >= 15 is 0 Å². The molecule has 1 rings (SSSR count). The van der Waals surface area contributed by atoms with Crippen molar-refractivity contribution in [2.75, 3.05) is 20.3 Å². The van der Waals surface area contributed by atoms with Crippen LogP contribution in [0.25, 0.3) is 0 Å². The van der Waals surface area contributed by atoms with Crippen LogP contribution in [0.1, 0.15) is 38.3 Å². The summed E-state index contributed by atoms with van der Waals surface area (Å²) >= 11 is 0. The van der Waals surface area contributed by atoms with Crippen molar-refractivity contribution >= 4 is 0 Å². The molecule has 0 aliphatic heterocycles. The molecule has 1 aromatic rings. The molecular formula is C16H25NO2. The average Bonchev–Trinajstić information content (AvgIpc) is 2.43. The highest BCUT2D eigenvalue weighted by molar-refractivity contribution is 5.44. The Kier molecular flexibility index (Phi) is 7.04. The van der Waals surface area contributed by atoms with Crippen LogP contribution in [0.3, 0.4) is 0 Å². The molecule has 0 amide bonds. The summed E-state index contributed by atoms with van der Waals surface area (Å²) in [4.78, 5) is 0. The number of nitrogens with one attached hydrogen (secondary N) is 1. The lowest BCUT2D eigenvalue weighted by Crippen LogP contribution is -2.16. The normalized spacial score (nSPS) is 11.9. The summed E-state index contributed by atoms with van der Waals surface area (Å²) in [6.07, 6.45) is 3.96. The molecule has 0 aliphatic carbocycles. The lowest BCUT2D eigenvalue weighted by Gasteiger charge is -2.18. The second kappa shape index (κ2) is 8.59. The van der Waals surface area contributed by atoms with Gasteiger partial charge in [-0.2, -0.15) is 0 Å². The average molecular weight is 263 g/mol. The standard InChI is InChI=1S/C16H25NO2/c1-5-8-9-14(17-4)13-10-11-15(18-6-2)16(12-13)19-7-3/h5,10-12,14,17H,1,6-9H2,2-4H3. The van der Waals surface area contributed by atoms with Gasteiger partial charge in [-0.3, -0.25) is 0 Å². The summed E-state index contributed by atoms with van der Waals surface area (Å²) in [6.45, 7) is 9.02. The lowest BCUT2D eigenvalue weighted by molar-refractivity contribution is 0.287. The van der Waals surface area contributed by atoms with Crippen molar-refractivity contribution in [3.63, 3.8) is 0 Å². The third kappa shape index (κ3) is 4.60. The van der Waals surface area contributed by atoms with Crippen LogP contribution in [-0.2, 0) is 0 Å². The van der Waals surface area contributed by atoms with E-state index in [0.717, 1.165) is 24.3 Å². The number of hydrogen-bond acceptors (Lipinski definition) is 3. The monoisotopic (exact) mass is 263 g/mol. The Morgan fingerprint density at radius 2 is 1.89 bits per heavy atom. The highest BCUT2D eigenvalue weighted by Crippen LogP contribution is 2.31. The van der Waals surface area contributed by atoms with Crippen LogP contribution in [0.15, 0.2) is 30.9 Å². The predicted molar refractivity (Wildman–Crippen MR) is 80.0 cm³/mol. The van der Waals surface area contributed by atoms with Crippen molar-refractivity contribution in [2.24, 2.45) is 0 Å². The Hall–Kier alpha value is -1.48. The maximum atomic E-state index is 5.66. The number of hydrogen-bond donors (Lipinski definition) is 1. The molecule has 0 saturated heterocycles. The molecule has 0 aliphatic rings. The van der Waals surface area contributed by atoms with E-state index in [2.05, 4.69) is 24.0 Å². The van der Waals surface area contributed by atoms with Crippen LogP contribution in [-0.4, -0.2) is 20.3 Å².